The molecule has 0 fully saturated rings. The summed E-state index contributed by atoms with van der Waals surface area (Å²) in [6.07, 6.45) is 3.12. The lowest BCUT2D eigenvalue weighted by Gasteiger charge is -2.16. The molecule has 4 amide bonds. The highest BCUT2D eigenvalue weighted by molar-refractivity contribution is 7.90. The van der Waals surface area contributed by atoms with E-state index in [1.165, 1.54) is 17.6 Å². The van der Waals surface area contributed by atoms with Gasteiger partial charge < -0.3 is 15.2 Å². The number of unbranched alkanes of at least 4 members (excludes halogenated alkanes) is 1. The summed E-state index contributed by atoms with van der Waals surface area (Å²) >= 11 is 8.05. The third kappa shape index (κ3) is 10.4. The summed E-state index contributed by atoms with van der Waals surface area (Å²) in [7, 11) is -4.30. The molecule has 0 spiro atoms. The Morgan fingerprint density at radius 2 is 1.76 bits per heavy atom. The molecular weight excluding hydrogens is 656 g/mol. The van der Waals surface area contributed by atoms with E-state index in [0.717, 1.165) is 17.7 Å². The number of rotatable bonds is 17. The van der Waals surface area contributed by atoms with Crippen molar-refractivity contribution < 1.29 is 32.8 Å². The van der Waals surface area contributed by atoms with Crippen LogP contribution in [0.4, 0.5) is 0 Å². The Bertz CT molecular complexity index is 1610. The van der Waals surface area contributed by atoms with Crippen molar-refractivity contribution in [2.24, 2.45) is 11.8 Å². The largest absolute Gasteiger partial charge is 0.350 e. The average Bonchev–Trinajstić information content (AvgIpc) is 3.64. The number of hydroxylamine groups is 1. The Morgan fingerprint density at radius 3 is 2.37 bits per heavy atom. The third-order valence-electron chi connectivity index (χ3n) is 6.91. The number of amides is 4. The van der Waals surface area contributed by atoms with Crippen molar-refractivity contribution in [3.63, 3.8) is 0 Å². The second kappa shape index (κ2) is 17.2. The first kappa shape index (κ1) is 36.7. The van der Waals surface area contributed by atoms with Gasteiger partial charge in [-0.2, -0.15) is 0 Å². The quantitative estimate of drug-likeness (QED) is 0.0810. The Labute approximate surface area is 277 Å². The van der Waals surface area contributed by atoms with E-state index in [2.05, 4.69) is 15.6 Å². The van der Waals surface area contributed by atoms with Crippen LogP contribution in [0.1, 0.15) is 66.8 Å². The number of aromatic nitrogens is 2. The minimum atomic E-state index is -4.30. The monoisotopic (exact) mass is 694 g/mol. The lowest BCUT2D eigenvalue weighted by molar-refractivity contribution is -0.142. The van der Waals surface area contributed by atoms with Crippen LogP contribution in [-0.2, 0) is 43.8 Å². The second-order valence-electron chi connectivity index (χ2n) is 11.0. The van der Waals surface area contributed by atoms with Crippen molar-refractivity contribution in [3.05, 3.63) is 68.9 Å². The van der Waals surface area contributed by atoms with Crippen molar-refractivity contribution >= 4 is 56.6 Å². The van der Waals surface area contributed by atoms with E-state index in [4.69, 9.17) is 16.8 Å². The van der Waals surface area contributed by atoms with Crippen LogP contribution in [0.5, 0.6) is 0 Å². The fourth-order valence-electron chi connectivity index (χ4n) is 4.59. The molecule has 1 unspecified atom stereocenters. The van der Waals surface area contributed by atoms with Crippen LogP contribution in [0.2, 0.25) is 5.15 Å². The molecule has 2 heterocycles. The molecule has 0 aliphatic heterocycles. The van der Waals surface area contributed by atoms with Crippen LogP contribution in [-0.4, -0.2) is 59.9 Å². The van der Waals surface area contributed by atoms with Crippen molar-refractivity contribution in [2.45, 2.75) is 64.3 Å². The van der Waals surface area contributed by atoms with Gasteiger partial charge in [0.1, 0.15) is 17.4 Å². The Hall–Kier alpha value is -3.79. The molecule has 1 atom stereocenters. The second-order valence-corrected chi connectivity index (χ2v) is 14.1. The van der Waals surface area contributed by atoms with Crippen LogP contribution in [0.25, 0.3) is 0 Å². The number of carbonyl (C=O) groups excluding carboxylic acids is 4. The first-order chi connectivity index (χ1) is 21.9. The lowest BCUT2D eigenvalue weighted by Crippen LogP contribution is -2.45. The van der Waals surface area contributed by atoms with Crippen molar-refractivity contribution in [1.29, 1.82) is 0 Å². The van der Waals surface area contributed by atoms with Crippen LogP contribution < -0.4 is 20.8 Å². The number of halogens is 1. The number of hydrogen-bond acceptors (Lipinski definition) is 9. The Morgan fingerprint density at radius 1 is 1.04 bits per heavy atom. The minimum absolute atomic E-state index is 0.0655. The SMILES string of the molecule is CCCCc1nc(Cl)c(C(=O)NCCc2cccs2)n1Cc1ccc(S(=O)(=O)NC(=O)CNC(=O)C(CC(C)C)C(=O)NO)cc1. The molecule has 5 N–H and O–H groups in total. The molecule has 250 valence electrons. The molecule has 3 aromatic rings. The van der Waals surface area contributed by atoms with Gasteiger partial charge in [0.25, 0.3) is 27.7 Å². The molecule has 2 aromatic heterocycles. The van der Waals surface area contributed by atoms with Crippen LogP contribution in [0, 0.1) is 11.8 Å². The minimum Gasteiger partial charge on any atom is -0.350 e. The van der Waals surface area contributed by atoms with E-state index in [1.807, 2.05) is 29.2 Å². The highest BCUT2D eigenvalue weighted by Crippen LogP contribution is 2.22. The van der Waals surface area contributed by atoms with E-state index in [0.29, 0.717) is 30.8 Å². The van der Waals surface area contributed by atoms with Crippen molar-refractivity contribution in [1.82, 2.24) is 30.4 Å². The number of carbonyl (C=O) groups is 4. The summed E-state index contributed by atoms with van der Waals surface area (Å²) in [5, 5.41) is 16.1. The highest BCUT2D eigenvalue weighted by atomic mass is 35.5. The first-order valence-electron chi connectivity index (χ1n) is 14.8. The number of hydrogen-bond donors (Lipinski definition) is 5. The molecule has 0 aliphatic rings. The summed E-state index contributed by atoms with van der Waals surface area (Å²) in [5.74, 6) is -3.83. The van der Waals surface area contributed by atoms with E-state index in [9.17, 15) is 27.6 Å². The molecule has 1 aromatic carbocycles. The number of imidazole rings is 1. The average molecular weight is 695 g/mol. The van der Waals surface area contributed by atoms with Gasteiger partial charge in [0.2, 0.25) is 5.91 Å². The molecule has 0 bridgehead atoms. The Kier molecular flexibility index (Phi) is 13.7. The number of aryl methyl sites for hydroxylation is 1. The topological polar surface area (TPSA) is 189 Å². The molecule has 3 rings (SSSR count). The van der Waals surface area contributed by atoms with Crippen LogP contribution in [0.3, 0.4) is 0 Å². The molecule has 0 saturated heterocycles. The summed E-state index contributed by atoms with van der Waals surface area (Å²) in [6, 6.07) is 9.69. The van der Waals surface area contributed by atoms with Gasteiger partial charge in [0.15, 0.2) is 5.15 Å². The molecular formula is C30H39ClN6O7S2. The van der Waals surface area contributed by atoms with E-state index in [-0.39, 0.29) is 40.5 Å². The smallest absolute Gasteiger partial charge is 0.271 e. The van der Waals surface area contributed by atoms with Gasteiger partial charge in [0, 0.05) is 24.4 Å². The van der Waals surface area contributed by atoms with Crippen LogP contribution >= 0.6 is 22.9 Å². The molecule has 0 aliphatic carbocycles. The molecule has 13 nitrogen and oxygen atoms in total. The van der Waals surface area contributed by atoms with E-state index >= 15 is 0 Å². The fourth-order valence-corrected chi connectivity index (χ4v) is 6.57. The predicted octanol–water partition coefficient (Wildman–Crippen LogP) is 3.05. The zero-order valence-electron chi connectivity index (χ0n) is 25.8. The fraction of sp³-hybridized carbons (Fsp3) is 0.433. The molecule has 0 saturated carbocycles. The molecule has 46 heavy (non-hydrogen) atoms. The number of nitrogens with zero attached hydrogens (tertiary/aromatic N) is 2. The van der Waals surface area contributed by atoms with Crippen molar-refractivity contribution in [2.75, 3.05) is 13.1 Å². The standard InChI is InChI=1S/C30H39ClN6O7S2/c1-4-5-8-24-34-27(31)26(30(41)32-14-13-21-7-6-15-45-21)37(24)18-20-9-11-22(12-10-20)46(43,44)36-25(38)17-33-28(39)23(16-19(2)3)29(40)35-42/h6-7,9-12,15,19,23,42H,4-5,8,13-14,16-18H2,1-3H3,(H,32,41)(H,33,39)(H,35,40)(H,36,38). The van der Waals surface area contributed by atoms with E-state index < -0.39 is 40.2 Å². The third-order valence-corrected chi connectivity index (χ3v) is 9.50. The van der Waals surface area contributed by atoms with Gasteiger partial charge in [-0.15, -0.1) is 11.3 Å². The lowest BCUT2D eigenvalue weighted by atomic mass is 9.95. The number of sulfonamides is 1. The highest BCUT2D eigenvalue weighted by Gasteiger charge is 2.28. The summed E-state index contributed by atoms with van der Waals surface area (Å²) in [5.41, 5.74) is 2.31. The van der Waals surface area contributed by atoms with Gasteiger partial charge in [-0.25, -0.2) is 23.6 Å². The molecule has 0 radical (unpaired) electrons. The Balaban J connectivity index is 1.68. The zero-order chi connectivity index (χ0) is 33.9. The number of nitrogens with one attached hydrogen (secondary N) is 4. The molecule has 16 heteroatoms. The zero-order valence-corrected chi connectivity index (χ0v) is 28.2. The predicted molar refractivity (Wildman–Crippen MR) is 173 cm³/mol. The normalized spacial score (nSPS) is 12.0. The van der Waals surface area contributed by atoms with Gasteiger partial charge in [-0.05, 0) is 54.3 Å². The van der Waals surface area contributed by atoms with E-state index in [1.54, 1.807) is 41.9 Å². The maximum atomic E-state index is 13.2. The summed E-state index contributed by atoms with van der Waals surface area (Å²) in [4.78, 5) is 55.2. The van der Waals surface area contributed by atoms with Crippen molar-refractivity contribution in [3.8, 4) is 0 Å². The first-order valence-corrected chi connectivity index (χ1v) is 17.5. The number of thiophene rings is 1. The van der Waals surface area contributed by atoms with Crippen LogP contribution in [0.15, 0.2) is 46.7 Å². The van der Waals surface area contributed by atoms with Gasteiger partial charge in [-0.3, -0.25) is 24.4 Å². The summed E-state index contributed by atoms with van der Waals surface area (Å²) < 4.78 is 29.4. The van der Waals surface area contributed by atoms with Gasteiger partial charge in [-0.1, -0.05) is 57.0 Å². The van der Waals surface area contributed by atoms with Gasteiger partial charge >= 0.3 is 0 Å². The maximum Gasteiger partial charge on any atom is 0.271 e. The number of benzene rings is 1. The maximum absolute atomic E-state index is 13.2. The van der Waals surface area contributed by atoms with Gasteiger partial charge in [0.05, 0.1) is 11.4 Å². The summed E-state index contributed by atoms with van der Waals surface area (Å²) in [6.45, 7) is 5.50.